The van der Waals surface area contributed by atoms with E-state index in [9.17, 15) is 4.79 Å². The molecule has 5 rings (SSSR count). The van der Waals surface area contributed by atoms with Crippen LogP contribution < -0.4 is 9.64 Å². The first-order chi connectivity index (χ1) is 15.5. The standard InChI is InChI=1S/C23H26N6O2S/c1-15-4-9-20-18(12-15)19-13-27(2)11-10-21(19)28(20)22(30)14-32-23-24-25-26-29(23)16-5-7-17(31-3)8-6-16/h4-9,12,19,21H,10-11,13-14H2,1-3H3/t19-,21-/m1/s1. The van der Waals surface area contributed by atoms with Crippen molar-refractivity contribution >= 4 is 23.4 Å². The fourth-order valence-electron chi connectivity index (χ4n) is 4.76. The number of aryl methyl sites for hydroxylation is 1. The Balaban J connectivity index is 1.35. The number of thioether (sulfide) groups is 1. The number of hydrogen-bond acceptors (Lipinski definition) is 7. The molecule has 9 heteroatoms. The Hall–Kier alpha value is -2.91. The van der Waals surface area contributed by atoms with E-state index >= 15 is 0 Å². The SMILES string of the molecule is COc1ccc(-n2nnnc2SCC(=O)N2c3ccc(C)cc3[C@H]3CN(C)CC[C@H]32)cc1. The molecule has 166 valence electrons. The lowest BCUT2D eigenvalue weighted by Crippen LogP contribution is -2.47. The van der Waals surface area contributed by atoms with E-state index in [1.807, 2.05) is 29.2 Å². The van der Waals surface area contributed by atoms with Crippen LogP contribution in [0.3, 0.4) is 0 Å². The molecule has 2 aliphatic rings. The Morgan fingerprint density at radius 2 is 2.03 bits per heavy atom. The molecule has 3 aromatic rings. The minimum Gasteiger partial charge on any atom is -0.497 e. The summed E-state index contributed by atoms with van der Waals surface area (Å²) in [6.07, 6.45) is 0.981. The van der Waals surface area contributed by atoms with Gasteiger partial charge in [-0.15, -0.1) is 5.10 Å². The number of benzene rings is 2. The van der Waals surface area contributed by atoms with E-state index in [0.29, 0.717) is 11.1 Å². The number of fused-ring (bicyclic) bond motifs is 3. The monoisotopic (exact) mass is 450 g/mol. The quantitative estimate of drug-likeness (QED) is 0.553. The van der Waals surface area contributed by atoms with Crippen molar-refractivity contribution in [1.29, 1.82) is 0 Å². The Morgan fingerprint density at radius 3 is 2.81 bits per heavy atom. The van der Waals surface area contributed by atoms with Gasteiger partial charge in [-0.1, -0.05) is 29.5 Å². The van der Waals surface area contributed by atoms with Gasteiger partial charge < -0.3 is 14.5 Å². The summed E-state index contributed by atoms with van der Waals surface area (Å²) >= 11 is 1.37. The highest BCUT2D eigenvalue weighted by Gasteiger charge is 2.43. The highest BCUT2D eigenvalue weighted by Crippen LogP contribution is 2.45. The number of rotatable bonds is 5. The summed E-state index contributed by atoms with van der Waals surface area (Å²) in [5, 5.41) is 12.6. The molecule has 0 saturated carbocycles. The molecule has 2 aromatic carbocycles. The first-order valence-electron chi connectivity index (χ1n) is 10.7. The highest BCUT2D eigenvalue weighted by molar-refractivity contribution is 7.99. The van der Waals surface area contributed by atoms with E-state index in [1.54, 1.807) is 11.8 Å². The maximum absolute atomic E-state index is 13.5. The van der Waals surface area contributed by atoms with Crippen LogP contribution in [0.2, 0.25) is 0 Å². The molecule has 1 aromatic heterocycles. The zero-order chi connectivity index (χ0) is 22.2. The van der Waals surface area contributed by atoms with Crippen molar-refractivity contribution in [2.75, 3.05) is 37.9 Å². The molecule has 0 aliphatic carbocycles. The number of likely N-dealkylation sites (tertiary alicyclic amines) is 1. The van der Waals surface area contributed by atoms with Crippen molar-refractivity contribution < 1.29 is 9.53 Å². The van der Waals surface area contributed by atoms with Crippen LogP contribution in [0.1, 0.15) is 23.5 Å². The van der Waals surface area contributed by atoms with Crippen molar-refractivity contribution in [2.45, 2.75) is 30.5 Å². The Bertz CT molecular complexity index is 1130. The second-order valence-electron chi connectivity index (χ2n) is 8.41. The number of ether oxygens (including phenoxy) is 1. The molecule has 2 aliphatic heterocycles. The topological polar surface area (TPSA) is 76.4 Å². The molecule has 0 N–H and O–H groups in total. The number of likely N-dealkylation sites (N-methyl/N-ethyl adjacent to an activating group) is 1. The van der Waals surface area contributed by atoms with Crippen LogP contribution in [-0.2, 0) is 4.79 Å². The third-order valence-electron chi connectivity index (χ3n) is 6.30. The van der Waals surface area contributed by atoms with Crippen LogP contribution in [0.15, 0.2) is 47.6 Å². The molecule has 2 atom stereocenters. The second-order valence-corrected chi connectivity index (χ2v) is 9.35. The number of carbonyl (C=O) groups is 1. The summed E-state index contributed by atoms with van der Waals surface area (Å²) in [5.74, 6) is 1.51. The minimum absolute atomic E-state index is 0.0986. The fraction of sp³-hybridized carbons (Fsp3) is 0.391. The van der Waals surface area contributed by atoms with E-state index < -0.39 is 0 Å². The van der Waals surface area contributed by atoms with Crippen LogP contribution in [-0.4, -0.2) is 70.1 Å². The van der Waals surface area contributed by atoms with Crippen molar-refractivity contribution in [3.05, 3.63) is 53.6 Å². The molecule has 0 bridgehead atoms. The average molecular weight is 451 g/mol. The van der Waals surface area contributed by atoms with E-state index in [4.69, 9.17) is 4.74 Å². The van der Waals surface area contributed by atoms with Gasteiger partial charge in [0.2, 0.25) is 11.1 Å². The van der Waals surface area contributed by atoms with Gasteiger partial charge in [0.1, 0.15) is 5.75 Å². The molecule has 0 spiro atoms. The molecule has 3 heterocycles. The first-order valence-corrected chi connectivity index (χ1v) is 11.7. The molecule has 1 saturated heterocycles. The Kier molecular flexibility index (Phi) is 5.60. The molecule has 1 amide bonds. The predicted molar refractivity (Wildman–Crippen MR) is 124 cm³/mol. The predicted octanol–water partition coefficient (Wildman–Crippen LogP) is 2.91. The number of aromatic nitrogens is 4. The third-order valence-corrected chi connectivity index (χ3v) is 7.21. The zero-order valence-corrected chi connectivity index (χ0v) is 19.2. The van der Waals surface area contributed by atoms with Gasteiger partial charge >= 0.3 is 0 Å². The smallest absolute Gasteiger partial charge is 0.237 e. The molecular formula is C23H26N6O2S. The number of carbonyl (C=O) groups excluding carboxylic acids is 1. The summed E-state index contributed by atoms with van der Waals surface area (Å²) in [5.41, 5.74) is 4.41. The lowest BCUT2D eigenvalue weighted by atomic mass is 9.89. The fourth-order valence-corrected chi connectivity index (χ4v) is 5.51. The van der Waals surface area contributed by atoms with Crippen molar-refractivity contribution in [3.63, 3.8) is 0 Å². The average Bonchev–Trinajstić information content (AvgIpc) is 3.40. The van der Waals surface area contributed by atoms with Gasteiger partial charge in [-0.2, -0.15) is 4.68 Å². The van der Waals surface area contributed by atoms with E-state index in [1.165, 1.54) is 22.9 Å². The maximum atomic E-state index is 13.5. The molecule has 1 fully saturated rings. The molecule has 32 heavy (non-hydrogen) atoms. The number of anilines is 1. The Morgan fingerprint density at radius 1 is 1.22 bits per heavy atom. The number of hydrogen-bond donors (Lipinski definition) is 0. The number of amides is 1. The van der Waals surface area contributed by atoms with Gasteiger partial charge in [0.15, 0.2) is 0 Å². The number of nitrogens with zero attached hydrogens (tertiary/aromatic N) is 6. The van der Waals surface area contributed by atoms with Crippen molar-refractivity contribution in [2.24, 2.45) is 0 Å². The zero-order valence-electron chi connectivity index (χ0n) is 18.4. The normalized spacial score (nSPS) is 20.2. The molecule has 8 nitrogen and oxygen atoms in total. The number of piperidine rings is 1. The van der Waals surface area contributed by atoms with Crippen LogP contribution in [0.4, 0.5) is 5.69 Å². The van der Waals surface area contributed by atoms with E-state index in [2.05, 4.69) is 52.6 Å². The summed E-state index contributed by atoms with van der Waals surface area (Å²) in [7, 11) is 3.79. The largest absolute Gasteiger partial charge is 0.497 e. The van der Waals surface area contributed by atoms with Crippen LogP contribution >= 0.6 is 11.8 Å². The van der Waals surface area contributed by atoms with Crippen molar-refractivity contribution in [3.8, 4) is 11.4 Å². The second kappa shape index (κ2) is 8.55. The van der Waals surface area contributed by atoms with E-state index in [0.717, 1.165) is 36.6 Å². The highest BCUT2D eigenvalue weighted by atomic mass is 32.2. The summed E-state index contributed by atoms with van der Waals surface area (Å²) in [6.45, 7) is 4.09. The van der Waals surface area contributed by atoms with Gasteiger partial charge in [-0.05, 0) is 73.3 Å². The number of tetrazole rings is 1. The summed E-state index contributed by atoms with van der Waals surface area (Å²) in [6, 6.07) is 14.2. The summed E-state index contributed by atoms with van der Waals surface area (Å²) < 4.78 is 6.87. The Labute approximate surface area is 191 Å². The minimum atomic E-state index is 0.0986. The lowest BCUT2D eigenvalue weighted by molar-refractivity contribution is -0.116. The van der Waals surface area contributed by atoms with Gasteiger partial charge in [-0.25, -0.2) is 0 Å². The molecule has 0 radical (unpaired) electrons. The van der Waals surface area contributed by atoms with Gasteiger partial charge in [0.25, 0.3) is 0 Å². The summed E-state index contributed by atoms with van der Waals surface area (Å²) in [4.78, 5) is 17.8. The lowest BCUT2D eigenvalue weighted by Gasteiger charge is -2.36. The number of methoxy groups -OCH3 is 1. The van der Waals surface area contributed by atoms with Crippen LogP contribution in [0, 0.1) is 6.92 Å². The molecule has 0 unspecified atom stereocenters. The van der Waals surface area contributed by atoms with Gasteiger partial charge in [-0.3, -0.25) is 4.79 Å². The molecular weight excluding hydrogens is 424 g/mol. The first kappa shape index (κ1) is 21.0. The van der Waals surface area contributed by atoms with Crippen LogP contribution in [0.5, 0.6) is 5.75 Å². The van der Waals surface area contributed by atoms with Crippen LogP contribution in [0.25, 0.3) is 5.69 Å². The maximum Gasteiger partial charge on any atom is 0.237 e. The van der Waals surface area contributed by atoms with Crippen molar-refractivity contribution in [1.82, 2.24) is 25.1 Å². The van der Waals surface area contributed by atoms with E-state index in [-0.39, 0.29) is 17.7 Å². The van der Waals surface area contributed by atoms with Gasteiger partial charge in [0.05, 0.1) is 18.6 Å². The van der Waals surface area contributed by atoms with Gasteiger partial charge in [0, 0.05) is 24.2 Å². The third kappa shape index (κ3) is 3.75.